The summed E-state index contributed by atoms with van der Waals surface area (Å²) in [6.07, 6.45) is 1.43. The smallest absolute Gasteiger partial charge is 0.287 e. The molecule has 0 saturated carbocycles. The fourth-order valence-corrected chi connectivity index (χ4v) is 2.02. The molecule has 9 heteroatoms. The molecule has 0 aliphatic carbocycles. The number of nitrogens with zero attached hydrogens (tertiary/aromatic N) is 1. The minimum atomic E-state index is -0.509. The quantitative estimate of drug-likeness (QED) is 0.248. The molecule has 0 aliphatic heterocycles. The third kappa shape index (κ3) is 6.98. The molecule has 26 heavy (non-hydrogen) atoms. The van der Waals surface area contributed by atoms with Gasteiger partial charge in [0.05, 0.1) is 12.8 Å². The van der Waals surface area contributed by atoms with Crippen LogP contribution in [0.3, 0.4) is 0 Å². The number of carbonyl (C=O) groups excluding carboxylic acids is 1. The molecule has 6 nitrogen and oxygen atoms in total. The van der Waals surface area contributed by atoms with E-state index >= 15 is 0 Å². The van der Waals surface area contributed by atoms with E-state index in [0.29, 0.717) is 25.6 Å². The van der Waals surface area contributed by atoms with Crippen LogP contribution in [-0.2, 0) is 6.54 Å². The fraction of sp³-hybridized carbons (Fsp3) is 0.294. The lowest BCUT2D eigenvalue weighted by atomic mass is 10.2. The predicted octanol–water partition coefficient (Wildman–Crippen LogP) is 2.66. The number of furan rings is 1. The van der Waals surface area contributed by atoms with Gasteiger partial charge < -0.3 is 20.4 Å². The van der Waals surface area contributed by atoms with E-state index in [1.807, 2.05) is 6.92 Å². The van der Waals surface area contributed by atoms with Crippen LogP contribution in [-0.4, -0.2) is 31.5 Å². The normalized spacial score (nSPS) is 10.8. The van der Waals surface area contributed by atoms with Gasteiger partial charge in [0.2, 0.25) is 0 Å². The molecule has 0 fully saturated rings. The van der Waals surface area contributed by atoms with Crippen molar-refractivity contribution >= 4 is 35.8 Å². The molecule has 142 valence electrons. The number of aliphatic imine (C=N–C) groups is 1. The third-order valence-electron chi connectivity index (χ3n) is 3.21. The van der Waals surface area contributed by atoms with E-state index in [4.69, 9.17) is 4.42 Å². The number of hydrogen-bond acceptors (Lipinski definition) is 3. The SMILES string of the molecule is CCNC(=NCc1cc(F)ccc1F)NCCNC(=O)c1ccco1.I. The van der Waals surface area contributed by atoms with Gasteiger partial charge in [-0.05, 0) is 37.3 Å². The molecule has 2 aromatic rings. The second-order valence-electron chi connectivity index (χ2n) is 5.09. The zero-order chi connectivity index (χ0) is 18.1. The van der Waals surface area contributed by atoms with Gasteiger partial charge in [0.25, 0.3) is 5.91 Å². The molecule has 0 saturated heterocycles. The Morgan fingerprint density at radius 3 is 2.62 bits per heavy atom. The monoisotopic (exact) mass is 478 g/mol. The maximum absolute atomic E-state index is 13.6. The lowest BCUT2D eigenvalue weighted by Crippen LogP contribution is -2.41. The average molecular weight is 478 g/mol. The van der Waals surface area contributed by atoms with Crippen LogP contribution in [0.5, 0.6) is 0 Å². The van der Waals surface area contributed by atoms with Crippen LogP contribution in [0.1, 0.15) is 23.0 Å². The van der Waals surface area contributed by atoms with Crippen molar-refractivity contribution in [3.8, 4) is 0 Å². The van der Waals surface area contributed by atoms with E-state index in [0.717, 1.165) is 18.2 Å². The van der Waals surface area contributed by atoms with E-state index in [9.17, 15) is 13.6 Å². The van der Waals surface area contributed by atoms with Gasteiger partial charge in [-0.1, -0.05) is 0 Å². The Kier molecular flexibility index (Phi) is 9.63. The van der Waals surface area contributed by atoms with Crippen molar-refractivity contribution in [2.45, 2.75) is 13.5 Å². The molecule has 1 aromatic carbocycles. The van der Waals surface area contributed by atoms with Crippen molar-refractivity contribution in [2.24, 2.45) is 4.99 Å². The van der Waals surface area contributed by atoms with Crippen molar-refractivity contribution < 1.29 is 18.0 Å². The number of halogens is 3. The summed E-state index contributed by atoms with van der Waals surface area (Å²) in [6, 6.07) is 6.46. The molecule has 0 spiro atoms. The highest BCUT2D eigenvalue weighted by atomic mass is 127. The largest absolute Gasteiger partial charge is 0.459 e. The van der Waals surface area contributed by atoms with Gasteiger partial charge in [-0.25, -0.2) is 13.8 Å². The van der Waals surface area contributed by atoms with E-state index < -0.39 is 11.6 Å². The average Bonchev–Trinajstić information content (AvgIpc) is 3.13. The molecule has 0 atom stereocenters. The summed E-state index contributed by atoms with van der Waals surface area (Å²) in [5, 5.41) is 8.68. The van der Waals surface area contributed by atoms with Gasteiger partial charge in [-0.2, -0.15) is 0 Å². The van der Waals surface area contributed by atoms with E-state index in [1.165, 1.54) is 6.26 Å². The minimum absolute atomic E-state index is 0. The maximum atomic E-state index is 13.6. The van der Waals surface area contributed by atoms with Crippen LogP contribution < -0.4 is 16.0 Å². The van der Waals surface area contributed by atoms with Crippen LogP contribution >= 0.6 is 24.0 Å². The van der Waals surface area contributed by atoms with Crippen molar-refractivity contribution in [2.75, 3.05) is 19.6 Å². The lowest BCUT2D eigenvalue weighted by Gasteiger charge is -2.11. The number of hydrogen-bond donors (Lipinski definition) is 3. The third-order valence-corrected chi connectivity index (χ3v) is 3.21. The molecule has 0 bridgehead atoms. The van der Waals surface area contributed by atoms with Crippen molar-refractivity contribution in [3.63, 3.8) is 0 Å². The van der Waals surface area contributed by atoms with E-state index in [-0.39, 0.29) is 47.8 Å². The minimum Gasteiger partial charge on any atom is -0.459 e. The second-order valence-corrected chi connectivity index (χ2v) is 5.09. The summed E-state index contributed by atoms with van der Waals surface area (Å²) < 4.78 is 31.8. The van der Waals surface area contributed by atoms with Gasteiger partial charge in [0.1, 0.15) is 11.6 Å². The molecule has 0 radical (unpaired) electrons. The first-order valence-corrected chi connectivity index (χ1v) is 7.88. The topological polar surface area (TPSA) is 78.7 Å². The molecular weight excluding hydrogens is 457 g/mol. The number of benzene rings is 1. The van der Waals surface area contributed by atoms with Gasteiger partial charge in [0.15, 0.2) is 11.7 Å². The highest BCUT2D eigenvalue weighted by Crippen LogP contribution is 2.10. The molecule has 1 amide bonds. The summed E-state index contributed by atoms with van der Waals surface area (Å²) in [7, 11) is 0. The number of nitrogens with one attached hydrogen (secondary N) is 3. The second kappa shape index (κ2) is 11.4. The van der Waals surface area contributed by atoms with Gasteiger partial charge in [-0.3, -0.25) is 4.79 Å². The molecule has 3 N–H and O–H groups in total. The summed E-state index contributed by atoms with van der Waals surface area (Å²) in [5.74, 6) is -0.645. The number of amides is 1. The summed E-state index contributed by atoms with van der Waals surface area (Å²) in [5.41, 5.74) is 0.170. The first-order chi connectivity index (χ1) is 12.1. The Bertz CT molecular complexity index is 724. The van der Waals surface area contributed by atoms with E-state index in [2.05, 4.69) is 20.9 Å². The highest BCUT2D eigenvalue weighted by molar-refractivity contribution is 14.0. The fourth-order valence-electron chi connectivity index (χ4n) is 2.02. The Morgan fingerprint density at radius 1 is 1.15 bits per heavy atom. The molecule has 0 unspecified atom stereocenters. The van der Waals surface area contributed by atoms with Crippen LogP contribution in [0.25, 0.3) is 0 Å². The Morgan fingerprint density at radius 2 is 1.92 bits per heavy atom. The van der Waals surface area contributed by atoms with Crippen LogP contribution in [0.15, 0.2) is 46.0 Å². The van der Waals surface area contributed by atoms with Crippen LogP contribution in [0.4, 0.5) is 8.78 Å². The van der Waals surface area contributed by atoms with E-state index in [1.54, 1.807) is 12.1 Å². The number of rotatable bonds is 7. The first-order valence-electron chi connectivity index (χ1n) is 7.88. The first kappa shape index (κ1) is 21.9. The zero-order valence-electron chi connectivity index (χ0n) is 14.2. The Balaban J connectivity index is 0.00000338. The maximum Gasteiger partial charge on any atom is 0.287 e. The number of carbonyl (C=O) groups is 1. The molecule has 1 aromatic heterocycles. The summed E-state index contributed by atoms with van der Waals surface area (Å²) in [6.45, 7) is 3.24. The molecule has 2 rings (SSSR count). The van der Waals surface area contributed by atoms with Crippen molar-refractivity contribution in [1.29, 1.82) is 0 Å². The highest BCUT2D eigenvalue weighted by Gasteiger charge is 2.07. The Labute approximate surface area is 167 Å². The van der Waals surface area contributed by atoms with Crippen molar-refractivity contribution in [3.05, 3.63) is 59.6 Å². The summed E-state index contributed by atoms with van der Waals surface area (Å²) >= 11 is 0. The predicted molar refractivity (Wildman–Crippen MR) is 106 cm³/mol. The lowest BCUT2D eigenvalue weighted by molar-refractivity contribution is 0.0926. The van der Waals surface area contributed by atoms with Gasteiger partial charge in [0, 0.05) is 25.2 Å². The molecule has 1 heterocycles. The van der Waals surface area contributed by atoms with Gasteiger partial charge in [-0.15, -0.1) is 24.0 Å². The van der Waals surface area contributed by atoms with Crippen LogP contribution in [0.2, 0.25) is 0 Å². The molecule has 0 aliphatic rings. The van der Waals surface area contributed by atoms with Gasteiger partial charge >= 0.3 is 0 Å². The summed E-state index contributed by atoms with van der Waals surface area (Å²) in [4.78, 5) is 15.9. The molecular formula is C17H21F2IN4O2. The Hall–Kier alpha value is -2.17. The number of guanidine groups is 1. The standard InChI is InChI=1S/C17H20F2N4O2.HI/c1-2-20-17(23-11-12-10-13(18)5-6-14(12)19)22-8-7-21-16(24)15-4-3-9-25-15;/h3-6,9-10H,2,7-8,11H2,1H3,(H,21,24)(H2,20,22,23);1H. The zero-order valence-corrected chi connectivity index (χ0v) is 16.6. The van der Waals surface area contributed by atoms with Crippen molar-refractivity contribution in [1.82, 2.24) is 16.0 Å². The van der Waals surface area contributed by atoms with Crippen LogP contribution in [0, 0.1) is 11.6 Å².